The van der Waals surface area contributed by atoms with Gasteiger partial charge in [-0.25, -0.2) is 0 Å². The Balaban J connectivity index is 1.70. The maximum atomic E-state index is 12.6. The highest BCUT2D eigenvalue weighted by Crippen LogP contribution is 2.20. The van der Waals surface area contributed by atoms with E-state index in [-0.39, 0.29) is 17.9 Å². The zero-order valence-electron chi connectivity index (χ0n) is 11.6. The summed E-state index contributed by atoms with van der Waals surface area (Å²) in [6.45, 7) is 1.42. The standard InChI is InChI=1S/C16H20N2O2/c19-15-8-4-3-7-14(17-15)16(20)18-10-9-12-5-1-2-6-13(12)11-18/h1-2,5-6,14H,3-4,7-11H2,(H,17,19). The molecule has 1 atom stereocenters. The van der Waals surface area contributed by atoms with Crippen LogP contribution in [0, 0.1) is 0 Å². The molecule has 1 aromatic carbocycles. The third kappa shape index (κ3) is 2.69. The van der Waals surface area contributed by atoms with E-state index in [0.29, 0.717) is 13.0 Å². The molecule has 4 nitrogen and oxygen atoms in total. The van der Waals surface area contributed by atoms with Crippen molar-refractivity contribution in [3.63, 3.8) is 0 Å². The van der Waals surface area contributed by atoms with Crippen LogP contribution < -0.4 is 5.32 Å². The molecule has 20 heavy (non-hydrogen) atoms. The Hall–Kier alpha value is -1.84. The molecule has 0 spiro atoms. The summed E-state index contributed by atoms with van der Waals surface area (Å²) in [4.78, 5) is 26.1. The van der Waals surface area contributed by atoms with Crippen molar-refractivity contribution in [3.8, 4) is 0 Å². The van der Waals surface area contributed by atoms with Crippen LogP contribution in [-0.4, -0.2) is 29.3 Å². The quantitative estimate of drug-likeness (QED) is 0.844. The number of carbonyl (C=O) groups is 2. The fraction of sp³-hybridized carbons (Fsp3) is 0.500. The van der Waals surface area contributed by atoms with Gasteiger partial charge in [-0.3, -0.25) is 9.59 Å². The van der Waals surface area contributed by atoms with Gasteiger partial charge in [-0.15, -0.1) is 0 Å². The Labute approximate surface area is 119 Å². The van der Waals surface area contributed by atoms with E-state index in [2.05, 4.69) is 17.4 Å². The van der Waals surface area contributed by atoms with Crippen LogP contribution in [0.3, 0.4) is 0 Å². The average molecular weight is 272 g/mol. The van der Waals surface area contributed by atoms with Gasteiger partial charge in [-0.05, 0) is 30.4 Å². The molecule has 2 aliphatic rings. The number of rotatable bonds is 1. The molecule has 1 saturated heterocycles. The Morgan fingerprint density at radius 1 is 1.15 bits per heavy atom. The van der Waals surface area contributed by atoms with Crippen molar-refractivity contribution < 1.29 is 9.59 Å². The van der Waals surface area contributed by atoms with E-state index in [4.69, 9.17) is 0 Å². The Bertz CT molecular complexity index is 527. The third-order valence-electron chi connectivity index (χ3n) is 4.22. The van der Waals surface area contributed by atoms with E-state index in [1.807, 2.05) is 17.0 Å². The number of fused-ring (bicyclic) bond motifs is 1. The Morgan fingerprint density at radius 3 is 2.80 bits per heavy atom. The number of amides is 2. The van der Waals surface area contributed by atoms with Crippen LogP contribution in [0.15, 0.2) is 24.3 Å². The van der Waals surface area contributed by atoms with E-state index in [1.165, 1.54) is 11.1 Å². The smallest absolute Gasteiger partial charge is 0.245 e. The van der Waals surface area contributed by atoms with Crippen LogP contribution in [-0.2, 0) is 22.6 Å². The van der Waals surface area contributed by atoms with Gasteiger partial charge < -0.3 is 10.2 Å². The lowest BCUT2D eigenvalue weighted by molar-refractivity contribution is -0.137. The van der Waals surface area contributed by atoms with E-state index >= 15 is 0 Å². The molecular weight excluding hydrogens is 252 g/mol. The molecule has 2 heterocycles. The summed E-state index contributed by atoms with van der Waals surface area (Å²) >= 11 is 0. The minimum Gasteiger partial charge on any atom is -0.344 e. The summed E-state index contributed by atoms with van der Waals surface area (Å²) in [6, 6.07) is 7.95. The highest BCUT2D eigenvalue weighted by atomic mass is 16.2. The molecule has 0 bridgehead atoms. The number of nitrogens with zero attached hydrogens (tertiary/aromatic N) is 1. The van der Waals surface area contributed by atoms with Crippen molar-refractivity contribution >= 4 is 11.8 Å². The van der Waals surface area contributed by atoms with Crippen LogP contribution in [0.4, 0.5) is 0 Å². The summed E-state index contributed by atoms with van der Waals surface area (Å²) in [5.74, 6) is 0.0908. The lowest BCUT2D eigenvalue weighted by Gasteiger charge is -2.31. The minimum atomic E-state index is -0.324. The molecular formula is C16H20N2O2. The van der Waals surface area contributed by atoms with E-state index in [0.717, 1.165) is 32.2 Å². The molecule has 2 amide bonds. The van der Waals surface area contributed by atoms with E-state index in [9.17, 15) is 9.59 Å². The molecule has 0 aliphatic carbocycles. The normalized spacial score (nSPS) is 22.7. The molecule has 106 valence electrons. The van der Waals surface area contributed by atoms with Gasteiger partial charge in [0.2, 0.25) is 11.8 Å². The second-order valence-electron chi connectivity index (χ2n) is 5.64. The summed E-state index contributed by atoms with van der Waals surface area (Å²) in [5, 5.41) is 2.87. The molecule has 1 aromatic rings. The number of hydrogen-bond donors (Lipinski definition) is 1. The summed E-state index contributed by atoms with van der Waals surface area (Å²) < 4.78 is 0. The first-order valence-electron chi connectivity index (χ1n) is 7.39. The fourth-order valence-electron chi connectivity index (χ4n) is 3.06. The Morgan fingerprint density at radius 2 is 1.95 bits per heavy atom. The van der Waals surface area contributed by atoms with Gasteiger partial charge >= 0.3 is 0 Å². The predicted molar refractivity (Wildman–Crippen MR) is 76.0 cm³/mol. The minimum absolute atomic E-state index is 0.0123. The van der Waals surface area contributed by atoms with Gasteiger partial charge in [0.15, 0.2) is 0 Å². The highest BCUT2D eigenvalue weighted by molar-refractivity contribution is 5.88. The molecule has 4 heteroatoms. The first-order valence-corrected chi connectivity index (χ1v) is 7.39. The first kappa shape index (κ1) is 13.2. The number of hydrogen-bond acceptors (Lipinski definition) is 2. The van der Waals surface area contributed by atoms with Gasteiger partial charge in [0.25, 0.3) is 0 Å². The highest BCUT2D eigenvalue weighted by Gasteiger charge is 2.29. The van der Waals surface area contributed by atoms with E-state index in [1.54, 1.807) is 0 Å². The van der Waals surface area contributed by atoms with Crippen molar-refractivity contribution in [2.45, 2.75) is 44.7 Å². The number of carbonyl (C=O) groups excluding carboxylic acids is 2. The van der Waals surface area contributed by atoms with Crippen molar-refractivity contribution in [2.75, 3.05) is 6.54 Å². The largest absolute Gasteiger partial charge is 0.344 e. The lowest BCUT2D eigenvalue weighted by atomic mass is 9.99. The third-order valence-corrected chi connectivity index (χ3v) is 4.22. The Kier molecular flexibility index (Phi) is 3.72. The molecule has 0 aromatic heterocycles. The first-order chi connectivity index (χ1) is 9.74. The molecule has 2 aliphatic heterocycles. The predicted octanol–water partition coefficient (Wildman–Crippen LogP) is 1.63. The van der Waals surface area contributed by atoms with Crippen LogP contribution in [0.25, 0.3) is 0 Å². The van der Waals surface area contributed by atoms with Crippen molar-refractivity contribution in [1.29, 1.82) is 0 Å². The summed E-state index contributed by atoms with van der Waals surface area (Å²) in [5.41, 5.74) is 2.56. The van der Waals surface area contributed by atoms with Crippen molar-refractivity contribution in [1.82, 2.24) is 10.2 Å². The molecule has 1 fully saturated rings. The monoisotopic (exact) mass is 272 g/mol. The molecule has 1 unspecified atom stereocenters. The van der Waals surface area contributed by atoms with Gasteiger partial charge in [-0.1, -0.05) is 30.7 Å². The zero-order valence-corrected chi connectivity index (χ0v) is 11.6. The fourth-order valence-corrected chi connectivity index (χ4v) is 3.06. The number of nitrogens with one attached hydrogen (secondary N) is 1. The van der Waals surface area contributed by atoms with Crippen molar-refractivity contribution in [2.24, 2.45) is 0 Å². The van der Waals surface area contributed by atoms with Crippen LogP contribution >= 0.6 is 0 Å². The second kappa shape index (κ2) is 5.65. The summed E-state index contributed by atoms with van der Waals surface area (Å²) in [7, 11) is 0. The van der Waals surface area contributed by atoms with Crippen molar-refractivity contribution in [3.05, 3.63) is 35.4 Å². The molecule has 0 radical (unpaired) electrons. The molecule has 0 saturated carbocycles. The lowest BCUT2D eigenvalue weighted by Crippen LogP contribution is -2.49. The second-order valence-corrected chi connectivity index (χ2v) is 5.64. The van der Waals surface area contributed by atoms with Gasteiger partial charge in [0.1, 0.15) is 6.04 Å². The SMILES string of the molecule is O=C1CCCCC(C(=O)N2CCc3ccccc3C2)N1. The van der Waals surface area contributed by atoms with Gasteiger partial charge in [0, 0.05) is 19.5 Å². The van der Waals surface area contributed by atoms with Crippen LogP contribution in [0.1, 0.15) is 36.8 Å². The topological polar surface area (TPSA) is 49.4 Å². The van der Waals surface area contributed by atoms with Gasteiger partial charge in [-0.2, -0.15) is 0 Å². The average Bonchev–Trinajstić information content (AvgIpc) is 2.70. The zero-order chi connectivity index (χ0) is 13.9. The maximum Gasteiger partial charge on any atom is 0.245 e. The molecule has 3 rings (SSSR count). The molecule has 1 N–H and O–H groups in total. The van der Waals surface area contributed by atoms with Gasteiger partial charge in [0.05, 0.1) is 0 Å². The summed E-state index contributed by atoms with van der Waals surface area (Å²) in [6.07, 6.45) is 4.05. The van der Waals surface area contributed by atoms with Crippen LogP contribution in [0.2, 0.25) is 0 Å². The maximum absolute atomic E-state index is 12.6. The number of benzene rings is 1. The van der Waals surface area contributed by atoms with E-state index < -0.39 is 0 Å². The van der Waals surface area contributed by atoms with Crippen LogP contribution in [0.5, 0.6) is 0 Å².